The average molecular weight is 143 g/mol. The van der Waals surface area contributed by atoms with Crippen molar-refractivity contribution in [1.82, 2.24) is 0 Å². The molecule has 0 bridgehead atoms. The lowest BCUT2D eigenvalue weighted by Crippen LogP contribution is -2.00. The third-order valence-electron chi connectivity index (χ3n) is 1.41. The first-order valence-corrected chi connectivity index (χ1v) is 3.48. The van der Waals surface area contributed by atoms with Gasteiger partial charge in [0.15, 0.2) is 0 Å². The quantitative estimate of drug-likeness (QED) is 0.383. The van der Waals surface area contributed by atoms with Crippen LogP contribution in [0.5, 0.6) is 0 Å². The molecule has 0 fully saturated rings. The topological polar surface area (TPSA) is 21.6 Å². The van der Waals surface area contributed by atoms with Gasteiger partial charge in [0.2, 0.25) is 12.2 Å². The molecule has 0 radical (unpaired) electrons. The lowest BCUT2D eigenvalue weighted by atomic mass is 10.2. The molecule has 0 aliphatic carbocycles. The zero-order valence-corrected chi connectivity index (χ0v) is 6.58. The highest BCUT2D eigenvalue weighted by Gasteiger charge is 2.07. The normalized spacial score (nSPS) is 19.2. The maximum atomic E-state index is 5.07. The molecular weight excluding hydrogens is 134 g/mol. The molecule has 2 nitrogen and oxygen atoms in total. The van der Waals surface area contributed by atoms with E-state index < -0.39 is 0 Å². The largest absolute Gasteiger partial charge is 0.409 e. The third kappa shape index (κ3) is 1.27. The molecule has 50 valence electrons. The van der Waals surface area contributed by atoms with E-state index in [4.69, 9.17) is 4.18 Å². The molecule has 0 N–H and O–H groups in total. The fraction of sp³-hybridized carbons (Fsp3) is 0.500. The first-order valence-electron chi connectivity index (χ1n) is 2.78. The van der Waals surface area contributed by atoms with E-state index in [2.05, 4.69) is 4.40 Å². The van der Waals surface area contributed by atoms with E-state index in [0.29, 0.717) is 0 Å². The predicted molar refractivity (Wildman–Crippen MR) is 40.2 cm³/mol. The Labute approximate surface area is 59.3 Å². The van der Waals surface area contributed by atoms with E-state index in [1.54, 1.807) is 0 Å². The molecule has 0 aromatic heterocycles. The highest BCUT2D eigenvalue weighted by molar-refractivity contribution is 7.93. The Morgan fingerprint density at radius 2 is 2.00 bits per heavy atom. The summed E-state index contributed by atoms with van der Waals surface area (Å²) in [6.07, 6.45) is 0. The van der Waals surface area contributed by atoms with Crippen LogP contribution in [0, 0.1) is 0 Å². The lowest BCUT2D eigenvalue weighted by molar-refractivity contribution is 0.494. The van der Waals surface area contributed by atoms with Crippen molar-refractivity contribution >= 4 is 17.9 Å². The van der Waals surface area contributed by atoms with Gasteiger partial charge in [-0.05, 0) is 20.8 Å². The minimum atomic E-state index is 0.965. The highest BCUT2D eigenvalue weighted by atomic mass is 32.2. The summed E-state index contributed by atoms with van der Waals surface area (Å²) in [5.41, 5.74) is 2.21. The maximum absolute atomic E-state index is 5.07. The zero-order valence-electron chi connectivity index (χ0n) is 5.76. The van der Waals surface area contributed by atoms with E-state index in [-0.39, 0.29) is 0 Å². The summed E-state index contributed by atoms with van der Waals surface area (Å²) in [5, 5.41) is 0. The first-order chi connectivity index (χ1) is 4.22. The molecule has 1 aliphatic heterocycles. The minimum Gasteiger partial charge on any atom is -0.409 e. The molecule has 0 aromatic rings. The molecule has 0 amide bonds. The molecule has 9 heavy (non-hydrogen) atoms. The van der Waals surface area contributed by atoms with Crippen molar-refractivity contribution in [1.29, 1.82) is 0 Å². The van der Waals surface area contributed by atoms with Crippen molar-refractivity contribution in [3.8, 4) is 0 Å². The van der Waals surface area contributed by atoms with Gasteiger partial charge in [-0.1, -0.05) is 0 Å². The van der Waals surface area contributed by atoms with Gasteiger partial charge in [-0.25, -0.2) is 0 Å². The molecule has 1 heterocycles. The minimum absolute atomic E-state index is 0.965. The molecule has 0 saturated carbocycles. The molecule has 0 spiro atoms. The first kappa shape index (κ1) is 6.68. The van der Waals surface area contributed by atoms with Gasteiger partial charge in [0, 0.05) is 5.57 Å². The van der Waals surface area contributed by atoms with Crippen molar-refractivity contribution < 1.29 is 4.18 Å². The molecule has 1 rings (SSSR count). The Kier molecular flexibility index (Phi) is 1.81. The standard InChI is InChI=1S/C6H9NOS/c1-4-5(2)7-9-8-6(4)3/h1-3H3. The number of hydrogen-bond acceptors (Lipinski definition) is 3. The zero-order chi connectivity index (χ0) is 6.85. The Morgan fingerprint density at radius 3 is 2.44 bits per heavy atom. The van der Waals surface area contributed by atoms with Gasteiger partial charge in [-0.2, -0.15) is 4.40 Å². The molecule has 0 aromatic carbocycles. The third-order valence-corrected chi connectivity index (χ3v) is 2.08. The van der Waals surface area contributed by atoms with Crippen LogP contribution in [0.1, 0.15) is 20.8 Å². The Balaban J connectivity index is 2.88. The fourth-order valence-electron chi connectivity index (χ4n) is 0.516. The van der Waals surface area contributed by atoms with E-state index in [1.165, 1.54) is 0 Å². The molecule has 0 atom stereocenters. The van der Waals surface area contributed by atoms with Gasteiger partial charge in [0.25, 0.3) is 0 Å². The predicted octanol–water partition coefficient (Wildman–Crippen LogP) is 2.33. The van der Waals surface area contributed by atoms with E-state index in [1.807, 2.05) is 20.8 Å². The average Bonchev–Trinajstić information content (AvgIpc) is 1.83. The summed E-state index contributed by atoms with van der Waals surface area (Å²) in [7, 11) is 0. The highest BCUT2D eigenvalue weighted by Crippen LogP contribution is 2.22. The van der Waals surface area contributed by atoms with Crippen molar-refractivity contribution in [2.24, 2.45) is 4.40 Å². The lowest BCUT2D eigenvalue weighted by Gasteiger charge is -2.10. The van der Waals surface area contributed by atoms with Gasteiger partial charge < -0.3 is 4.18 Å². The summed E-state index contributed by atoms with van der Waals surface area (Å²) in [6, 6.07) is 0. The SMILES string of the molecule is CC1=NSOC(C)=C1C. The monoisotopic (exact) mass is 143 g/mol. The molecular formula is C6H9NOS. The van der Waals surface area contributed by atoms with Crippen molar-refractivity contribution in [2.75, 3.05) is 0 Å². The van der Waals surface area contributed by atoms with E-state index in [0.717, 1.165) is 29.3 Å². The summed E-state index contributed by atoms with van der Waals surface area (Å²) in [6.45, 7) is 5.93. The molecule has 3 heteroatoms. The van der Waals surface area contributed by atoms with Gasteiger partial charge in [0.05, 0.1) is 5.71 Å². The van der Waals surface area contributed by atoms with Crippen LogP contribution in [-0.4, -0.2) is 5.71 Å². The maximum Gasteiger partial charge on any atom is 0.201 e. The Hall–Kier alpha value is -0.440. The number of nitrogens with zero attached hydrogens (tertiary/aromatic N) is 1. The molecule has 0 saturated heterocycles. The second-order valence-electron chi connectivity index (χ2n) is 2.02. The van der Waals surface area contributed by atoms with Gasteiger partial charge in [-0.15, -0.1) is 0 Å². The molecule has 0 unspecified atom stereocenters. The smallest absolute Gasteiger partial charge is 0.201 e. The summed E-state index contributed by atoms with van der Waals surface area (Å²) in [4.78, 5) is 0. The van der Waals surface area contributed by atoms with Crippen LogP contribution < -0.4 is 0 Å². The number of hydrogen-bond donors (Lipinski definition) is 0. The van der Waals surface area contributed by atoms with Crippen LogP contribution in [0.15, 0.2) is 15.7 Å². The van der Waals surface area contributed by atoms with Gasteiger partial charge in [0.1, 0.15) is 5.76 Å². The Bertz CT molecular complexity index is 183. The second-order valence-corrected chi connectivity index (χ2v) is 2.51. The molecule has 1 aliphatic rings. The summed E-state index contributed by atoms with van der Waals surface area (Å²) in [5.74, 6) is 0.965. The van der Waals surface area contributed by atoms with Crippen molar-refractivity contribution in [3.05, 3.63) is 11.3 Å². The van der Waals surface area contributed by atoms with Gasteiger partial charge in [-0.3, -0.25) is 0 Å². The van der Waals surface area contributed by atoms with E-state index >= 15 is 0 Å². The summed E-state index contributed by atoms with van der Waals surface area (Å²) >= 11 is 1.14. The van der Waals surface area contributed by atoms with Crippen molar-refractivity contribution in [3.63, 3.8) is 0 Å². The van der Waals surface area contributed by atoms with Crippen LogP contribution in [0.25, 0.3) is 0 Å². The fourth-order valence-corrected chi connectivity index (χ4v) is 1.04. The van der Waals surface area contributed by atoms with E-state index in [9.17, 15) is 0 Å². The van der Waals surface area contributed by atoms with Crippen LogP contribution in [-0.2, 0) is 4.18 Å². The second kappa shape index (κ2) is 2.43. The number of rotatable bonds is 0. The summed E-state index contributed by atoms with van der Waals surface area (Å²) < 4.78 is 9.08. The van der Waals surface area contributed by atoms with Gasteiger partial charge >= 0.3 is 0 Å². The van der Waals surface area contributed by atoms with Crippen LogP contribution in [0.4, 0.5) is 0 Å². The van der Waals surface area contributed by atoms with Crippen LogP contribution >= 0.6 is 12.2 Å². The van der Waals surface area contributed by atoms with Crippen molar-refractivity contribution in [2.45, 2.75) is 20.8 Å². The number of allylic oxidation sites excluding steroid dienone is 2. The van der Waals surface area contributed by atoms with Crippen LogP contribution in [0.3, 0.4) is 0 Å². The Morgan fingerprint density at radius 1 is 1.33 bits per heavy atom. The van der Waals surface area contributed by atoms with Crippen LogP contribution in [0.2, 0.25) is 0 Å².